The van der Waals surface area contributed by atoms with Gasteiger partial charge in [0.15, 0.2) is 0 Å². The van der Waals surface area contributed by atoms with Gasteiger partial charge in [0.1, 0.15) is 17.7 Å². The molecular weight excluding hydrogens is 198 g/mol. The summed E-state index contributed by atoms with van der Waals surface area (Å²) < 4.78 is 9.68. The van der Waals surface area contributed by atoms with Crippen LogP contribution in [0.3, 0.4) is 0 Å². The minimum absolute atomic E-state index is 0.317. The second-order valence-corrected chi connectivity index (χ2v) is 4.56. The molecular formula is C10H17NO4. The Morgan fingerprint density at radius 1 is 1.20 bits per heavy atom. The maximum atomic E-state index is 11.5. The highest BCUT2D eigenvalue weighted by Crippen LogP contribution is 2.17. The molecule has 5 heteroatoms. The molecule has 1 rings (SSSR count). The Labute approximate surface area is 89.1 Å². The van der Waals surface area contributed by atoms with Crippen molar-refractivity contribution in [3.8, 4) is 0 Å². The number of nitrogens with one attached hydrogen (secondary N) is 1. The third-order valence-corrected chi connectivity index (χ3v) is 2.05. The van der Waals surface area contributed by atoms with Gasteiger partial charge in [-0.2, -0.15) is 0 Å². The van der Waals surface area contributed by atoms with Crippen LogP contribution in [0.4, 0.5) is 0 Å². The Balaban J connectivity index is 2.33. The van der Waals surface area contributed by atoms with Crippen LogP contribution in [0.15, 0.2) is 0 Å². The van der Waals surface area contributed by atoms with E-state index in [0.717, 1.165) is 0 Å². The first-order chi connectivity index (χ1) is 6.83. The Hall–Kier alpha value is -1.10. The molecule has 0 amide bonds. The Bertz CT molecular complexity index is 263. The molecule has 5 nitrogen and oxygen atoms in total. The first kappa shape index (κ1) is 12.0. The third kappa shape index (κ3) is 3.20. The number of hydrogen-bond donors (Lipinski definition) is 1. The van der Waals surface area contributed by atoms with E-state index in [0.29, 0.717) is 6.42 Å². The zero-order valence-electron chi connectivity index (χ0n) is 9.49. The number of ether oxygens (including phenoxy) is 2. The molecule has 0 bridgehead atoms. The minimum atomic E-state index is -0.491. The smallest absolute Gasteiger partial charge is 0.323 e. The molecule has 86 valence electrons. The lowest BCUT2D eigenvalue weighted by Crippen LogP contribution is -2.61. The van der Waals surface area contributed by atoms with E-state index in [4.69, 9.17) is 4.74 Å². The number of methoxy groups -OCH3 is 1. The summed E-state index contributed by atoms with van der Waals surface area (Å²) in [4.78, 5) is 22.5. The molecule has 0 aromatic carbocycles. The molecule has 0 unspecified atom stereocenters. The standard InChI is InChI=1S/C10H17NO4/c1-10(2,3)15-9(13)7-5-6(11-7)8(12)14-4/h6-7,11H,5H2,1-4H3/t6-,7-/m1/s1. The van der Waals surface area contributed by atoms with Crippen LogP contribution in [0, 0.1) is 0 Å². The van der Waals surface area contributed by atoms with Gasteiger partial charge in [-0.3, -0.25) is 14.9 Å². The molecule has 1 N–H and O–H groups in total. The van der Waals surface area contributed by atoms with E-state index in [1.54, 1.807) is 20.8 Å². The molecule has 0 aromatic rings. The van der Waals surface area contributed by atoms with Crippen molar-refractivity contribution in [2.45, 2.75) is 44.9 Å². The van der Waals surface area contributed by atoms with Gasteiger partial charge < -0.3 is 9.47 Å². The summed E-state index contributed by atoms with van der Waals surface area (Å²) in [5, 5.41) is 2.80. The van der Waals surface area contributed by atoms with Gasteiger partial charge in [0, 0.05) is 0 Å². The van der Waals surface area contributed by atoms with Crippen molar-refractivity contribution in [3.05, 3.63) is 0 Å². The van der Waals surface area contributed by atoms with Gasteiger partial charge in [-0.05, 0) is 27.2 Å². The minimum Gasteiger partial charge on any atom is -0.468 e. The monoisotopic (exact) mass is 215 g/mol. The predicted octanol–water partition coefficient (Wildman–Crippen LogP) is 0.232. The van der Waals surface area contributed by atoms with Gasteiger partial charge >= 0.3 is 11.9 Å². The number of carbonyl (C=O) groups excluding carboxylic acids is 2. The Morgan fingerprint density at radius 2 is 1.67 bits per heavy atom. The first-order valence-corrected chi connectivity index (χ1v) is 4.90. The van der Waals surface area contributed by atoms with Crippen LogP contribution in [0.1, 0.15) is 27.2 Å². The van der Waals surface area contributed by atoms with E-state index >= 15 is 0 Å². The molecule has 1 fully saturated rings. The van der Waals surface area contributed by atoms with Gasteiger partial charge in [0.05, 0.1) is 7.11 Å². The summed E-state index contributed by atoms with van der Waals surface area (Å²) >= 11 is 0. The van der Waals surface area contributed by atoms with Crippen molar-refractivity contribution in [1.82, 2.24) is 5.32 Å². The summed E-state index contributed by atoms with van der Waals surface area (Å²) in [6, 6.07) is -0.749. The molecule has 0 spiro atoms. The predicted molar refractivity (Wildman–Crippen MR) is 53.2 cm³/mol. The van der Waals surface area contributed by atoms with Crippen LogP contribution < -0.4 is 5.32 Å². The maximum Gasteiger partial charge on any atom is 0.323 e. The highest BCUT2D eigenvalue weighted by Gasteiger charge is 2.40. The third-order valence-electron chi connectivity index (χ3n) is 2.05. The van der Waals surface area contributed by atoms with Crippen molar-refractivity contribution in [3.63, 3.8) is 0 Å². The lowest BCUT2D eigenvalue weighted by Gasteiger charge is -2.35. The van der Waals surface area contributed by atoms with E-state index in [1.807, 2.05) is 0 Å². The second kappa shape index (κ2) is 4.18. The number of hydrogen-bond acceptors (Lipinski definition) is 5. The zero-order chi connectivity index (χ0) is 11.6. The van der Waals surface area contributed by atoms with Gasteiger partial charge in [0.2, 0.25) is 0 Å². The summed E-state index contributed by atoms with van der Waals surface area (Å²) in [5.74, 6) is -0.655. The summed E-state index contributed by atoms with van der Waals surface area (Å²) in [6.07, 6.45) is 0.446. The number of carbonyl (C=O) groups is 2. The van der Waals surface area contributed by atoms with Crippen LogP contribution in [0.25, 0.3) is 0 Å². The highest BCUT2D eigenvalue weighted by atomic mass is 16.6. The molecule has 1 heterocycles. The molecule has 0 aromatic heterocycles. The molecule has 15 heavy (non-hydrogen) atoms. The Morgan fingerprint density at radius 3 is 2.07 bits per heavy atom. The average molecular weight is 215 g/mol. The van der Waals surface area contributed by atoms with E-state index in [-0.39, 0.29) is 24.0 Å². The molecule has 0 aliphatic carbocycles. The average Bonchev–Trinajstić information content (AvgIpc) is 1.97. The van der Waals surface area contributed by atoms with Crippen molar-refractivity contribution < 1.29 is 19.1 Å². The largest absolute Gasteiger partial charge is 0.468 e. The van der Waals surface area contributed by atoms with Crippen molar-refractivity contribution >= 4 is 11.9 Å². The summed E-state index contributed by atoms with van der Waals surface area (Å²) in [6.45, 7) is 5.42. The van der Waals surface area contributed by atoms with Crippen LogP contribution >= 0.6 is 0 Å². The van der Waals surface area contributed by atoms with Crippen molar-refractivity contribution in [2.24, 2.45) is 0 Å². The zero-order valence-corrected chi connectivity index (χ0v) is 9.49. The SMILES string of the molecule is COC(=O)[C@H]1C[C@H](C(=O)OC(C)(C)C)N1. The molecule has 1 saturated heterocycles. The number of esters is 2. The van der Waals surface area contributed by atoms with E-state index < -0.39 is 5.60 Å². The quantitative estimate of drug-likeness (QED) is 0.668. The number of rotatable bonds is 2. The van der Waals surface area contributed by atoms with Crippen LogP contribution in [0.5, 0.6) is 0 Å². The highest BCUT2D eigenvalue weighted by molar-refractivity contribution is 5.84. The maximum absolute atomic E-state index is 11.5. The topological polar surface area (TPSA) is 64.6 Å². The molecule has 0 radical (unpaired) electrons. The van der Waals surface area contributed by atoms with Gasteiger partial charge in [-0.15, -0.1) is 0 Å². The van der Waals surface area contributed by atoms with Crippen molar-refractivity contribution in [2.75, 3.05) is 7.11 Å². The Kier molecular flexibility index (Phi) is 3.34. The van der Waals surface area contributed by atoms with Gasteiger partial charge in [0.25, 0.3) is 0 Å². The molecule has 2 atom stereocenters. The van der Waals surface area contributed by atoms with E-state index in [2.05, 4.69) is 10.1 Å². The van der Waals surface area contributed by atoms with Crippen molar-refractivity contribution in [1.29, 1.82) is 0 Å². The molecule has 1 aliphatic rings. The van der Waals surface area contributed by atoms with Gasteiger partial charge in [-0.25, -0.2) is 0 Å². The van der Waals surface area contributed by atoms with E-state index in [1.165, 1.54) is 7.11 Å². The van der Waals surface area contributed by atoms with Gasteiger partial charge in [-0.1, -0.05) is 0 Å². The molecule has 0 saturated carbocycles. The second-order valence-electron chi connectivity index (χ2n) is 4.56. The fraction of sp³-hybridized carbons (Fsp3) is 0.800. The fourth-order valence-electron chi connectivity index (χ4n) is 1.30. The summed E-state index contributed by atoms with van der Waals surface area (Å²) in [5.41, 5.74) is -0.491. The lowest BCUT2D eigenvalue weighted by atomic mass is 9.97. The normalized spacial score (nSPS) is 25.3. The van der Waals surface area contributed by atoms with E-state index in [9.17, 15) is 9.59 Å². The van der Waals surface area contributed by atoms with Crippen LogP contribution in [0.2, 0.25) is 0 Å². The fourth-order valence-corrected chi connectivity index (χ4v) is 1.30. The summed E-state index contributed by atoms with van der Waals surface area (Å²) in [7, 11) is 1.32. The lowest BCUT2D eigenvalue weighted by molar-refractivity contribution is -0.163. The first-order valence-electron chi connectivity index (χ1n) is 4.90. The van der Waals surface area contributed by atoms with Crippen LogP contribution in [-0.2, 0) is 19.1 Å². The molecule has 1 aliphatic heterocycles. The van der Waals surface area contributed by atoms with Crippen LogP contribution in [-0.4, -0.2) is 36.7 Å².